The first-order valence-corrected chi connectivity index (χ1v) is 4.17. The van der Waals surface area contributed by atoms with E-state index in [0.717, 1.165) is 6.07 Å². The van der Waals surface area contributed by atoms with E-state index in [1.54, 1.807) is 6.92 Å². The number of hydrogen-bond acceptors (Lipinski definition) is 0. The maximum atomic E-state index is 13.0. The van der Waals surface area contributed by atoms with E-state index in [2.05, 4.69) is 25.7 Å². The maximum absolute atomic E-state index is 13.0. The molecule has 0 saturated carbocycles. The van der Waals surface area contributed by atoms with E-state index in [1.165, 1.54) is 6.07 Å². The molecule has 0 heterocycles. The van der Waals surface area contributed by atoms with Gasteiger partial charge in [0, 0.05) is 6.07 Å². The third-order valence-corrected chi connectivity index (χ3v) is 1.66. The van der Waals surface area contributed by atoms with Crippen LogP contribution in [0.5, 0.6) is 0 Å². The average molecular weight is 206 g/mol. The summed E-state index contributed by atoms with van der Waals surface area (Å²) < 4.78 is 25.8. The van der Waals surface area contributed by atoms with Crippen LogP contribution < -0.4 is 0 Å². The Morgan fingerprint density at radius 3 is 2.27 bits per heavy atom. The summed E-state index contributed by atoms with van der Waals surface area (Å²) >= 11 is 0. The van der Waals surface area contributed by atoms with Gasteiger partial charge in [-0.25, -0.2) is 8.78 Å². The normalized spacial score (nSPS) is 8.40. The number of terminal acetylenes is 1. The van der Waals surface area contributed by atoms with E-state index in [1.807, 2.05) is 0 Å². The van der Waals surface area contributed by atoms with Gasteiger partial charge in [-0.05, 0) is 24.1 Å². The molecular weight excluding hydrogens is 194 g/mol. The molecule has 0 atom stereocenters. The van der Waals surface area contributed by atoms with Crippen LogP contribution in [0.25, 0.3) is 5.57 Å². The Labute approximate surface area is 88.9 Å². The van der Waals surface area contributed by atoms with Crippen LogP contribution in [0.2, 0.25) is 0 Å². The third-order valence-electron chi connectivity index (χ3n) is 1.66. The molecule has 1 aromatic carbocycles. The topological polar surface area (TPSA) is 0 Å². The van der Waals surface area contributed by atoms with Gasteiger partial charge >= 0.3 is 0 Å². The van der Waals surface area contributed by atoms with Crippen molar-refractivity contribution in [2.75, 3.05) is 0 Å². The first-order valence-electron chi connectivity index (χ1n) is 4.17. The van der Waals surface area contributed by atoms with Crippen molar-refractivity contribution in [1.82, 2.24) is 0 Å². The fourth-order valence-corrected chi connectivity index (χ4v) is 1.06. The van der Waals surface area contributed by atoms with Crippen molar-refractivity contribution in [2.24, 2.45) is 0 Å². The van der Waals surface area contributed by atoms with Gasteiger partial charge in [-0.15, -0.1) is 19.6 Å². The van der Waals surface area contributed by atoms with E-state index < -0.39 is 11.6 Å². The van der Waals surface area contributed by atoms with Crippen molar-refractivity contribution in [2.45, 2.75) is 6.92 Å². The molecule has 1 rings (SSSR count). The van der Waals surface area contributed by atoms with Gasteiger partial charge in [0.05, 0.1) is 5.56 Å². The molecule has 0 aliphatic carbocycles. The molecule has 1 aromatic rings. The van der Waals surface area contributed by atoms with Crippen LogP contribution in [-0.2, 0) is 0 Å². The Bertz CT molecular complexity index is 411. The molecule has 0 spiro atoms. The SMILES string of the molecule is C#Cc1c(F)cc(F)cc1C(=C)C.C=C. The zero-order valence-electron chi connectivity index (χ0n) is 8.61. The van der Waals surface area contributed by atoms with Gasteiger partial charge in [0.15, 0.2) is 0 Å². The molecule has 0 N–H and O–H groups in total. The second-order valence-corrected chi connectivity index (χ2v) is 2.73. The number of benzene rings is 1. The lowest BCUT2D eigenvalue weighted by Crippen LogP contribution is -1.93. The van der Waals surface area contributed by atoms with Crippen LogP contribution in [0.15, 0.2) is 31.9 Å². The monoisotopic (exact) mass is 206 g/mol. The van der Waals surface area contributed by atoms with Gasteiger partial charge in [0.25, 0.3) is 0 Å². The zero-order chi connectivity index (χ0) is 12.0. The Balaban J connectivity index is 0.000000921. The molecule has 0 radical (unpaired) electrons. The van der Waals surface area contributed by atoms with Crippen LogP contribution >= 0.6 is 0 Å². The molecule has 0 aliphatic heterocycles. The summed E-state index contributed by atoms with van der Waals surface area (Å²) in [4.78, 5) is 0. The van der Waals surface area contributed by atoms with Crippen molar-refractivity contribution in [1.29, 1.82) is 0 Å². The molecule has 0 unspecified atom stereocenters. The van der Waals surface area contributed by atoms with E-state index in [4.69, 9.17) is 6.42 Å². The quantitative estimate of drug-likeness (QED) is 0.484. The van der Waals surface area contributed by atoms with Crippen LogP contribution in [0.1, 0.15) is 18.1 Å². The highest BCUT2D eigenvalue weighted by Gasteiger charge is 2.09. The highest BCUT2D eigenvalue weighted by molar-refractivity contribution is 5.68. The molecule has 0 fully saturated rings. The Morgan fingerprint density at radius 1 is 1.33 bits per heavy atom. The van der Waals surface area contributed by atoms with E-state index >= 15 is 0 Å². The van der Waals surface area contributed by atoms with Crippen molar-refractivity contribution in [3.63, 3.8) is 0 Å². The Hall–Kier alpha value is -1.88. The molecule has 0 nitrogen and oxygen atoms in total. The predicted molar refractivity (Wildman–Crippen MR) is 60.3 cm³/mol. The van der Waals surface area contributed by atoms with Crippen molar-refractivity contribution in [3.05, 3.63) is 54.6 Å². The molecule has 0 aromatic heterocycles. The standard InChI is InChI=1S/C11H8F2.C2H4/c1-4-9-10(7(2)3)5-8(12)6-11(9)13;1-2/h1,5-6H,2H2,3H3;1-2H2. The lowest BCUT2D eigenvalue weighted by Gasteiger charge is -2.04. The molecule has 0 aliphatic rings. The smallest absolute Gasteiger partial charge is 0.142 e. The summed E-state index contributed by atoms with van der Waals surface area (Å²) in [6, 6.07) is 1.95. The van der Waals surface area contributed by atoms with Gasteiger partial charge in [-0.1, -0.05) is 12.5 Å². The summed E-state index contributed by atoms with van der Waals surface area (Å²) in [6.45, 7) is 11.2. The zero-order valence-corrected chi connectivity index (χ0v) is 8.61. The van der Waals surface area contributed by atoms with Crippen molar-refractivity contribution in [3.8, 4) is 12.3 Å². The summed E-state index contributed by atoms with van der Waals surface area (Å²) in [7, 11) is 0. The minimum atomic E-state index is -0.722. The molecular formula is C13H12F2. The minimum absolute atomic E-state index is 0.0638. The fourth-order valence-electron chi connectivity index (χ4n) is 1.06. The summed E-state index contributed by atoms with van der Waals surface area (Å²) in [5.41, 5.74) is 0.959. The van der Waals surface area contributed by atoms with Gasteiger partial charge in [0.1, 0.15) is 11.6 Å². The lowest BCUT2D eigenvalue weighted by atomic mass is 10.0. The Morgan fingerprint density at radius 2 is 1.87 bits per heavy atom. The third kappa shape index (κ3) is 3.07. The first kappa shape index (κ1) is 13.1. The molecule has 78 valence electrons. The highest BCUT2D eigenvalue weighted by atomic mass is 19.1. The number of allylic oxidation sites excluding steroid dienone is 1. The van der Waals surface area contributed by atoms with E-state index in [9.17, 15) is 8.78 Å². The molecule has 0 bridgehead atoms. The summed E-state index contributed by atoms with van der Waals surface area (Å²) in [5.74, 6) is 0.804. The van der Waals surface area contributed by atoms with Crippen molar-refractivity contribution < 1.29 is 8.78 Å². The summed E-state index contributed by atoms with van der Waals surface area (Å²) in [5, 5.41) is 0. The van der Waals surface area contributed by atoms with Gasteiger partial charge in [-0.2, -0.15) is 0 Å². The average Bonchev–Trinajstić information content (AvgIpc) is 2.19. The van der Waals surface area contributed by atoms with E-state index in [0.29, 0.717) is 11.1 Å². The Kier molecular flexibility index (Phi) is 5.04. The molecule has 0 amide bonds. The lowest BCUT2D eigenvalue weighted by molar-refractivity contribution is 0.580. The van der Waals surface area contributed by atoms with Crippen LogP contribution in [0, 0.1) is 24.0 Å². The molecule has 15 heavy (non-hydrogen) atoms. The van der Waals surface area contributed by atoms with Gasteiger partial charge < -0.3 is 0 Å². The largest absolute Gasteiger partial charge is 0.207 e. The van der Waals surface area contributed by atoms with E-state index in [-0.39, 0.29) is 5.56 Å². The predicted octanol–water partition coefficient (Wildman–Crippen LogP) is 3.78. The van der Waals surface area contributed by atoms with Crippen LogP contribution in [0.3, 0.4) is 0 Å². The molecule has 0 saturated heterocycles. The molecule has 2 heteroatoms. The summed E-state index contributed by atoms with van der Waals surface area (Å²) in [6.07, 6.45) is 5.09. The van der Waals surface area contributed by atoms with Gasteiger partial charge in [-0.3, -0.25) is 0 Å². The highest BCUT2D eigenvalue weighted by Crippen LogP contribution is 2.20. The van der Waals surface area contributed by atoms with Gasteiger partial charge in [0.2, 0.25) is 0 Å². The van der Waals surface area contributed by atoms with Crippen LogP contribution in [0.4, 0.5) is 8.78 Å². The fraction of sp³-hybridized carbons (Fsp3) is 0.0769. The first-order chi connectivity index (χ1) is 7.06. The second-order valence-electron chi connectivity index (χ2n) is 2.73. The number of rotatable bonds is 1. The van der Waals surface area contributed by atoms with Crippen LogP contribution in [-0.4, -0.2) is 0 Å². The van der Waals surface area contributed by atoms with Crippen molar-refractivity contribution >= 4 is 5.57 Å². The minimum Gasteiger partial charge on any atom is -0.207 e. The maximum Gasteiger partial charge on any atom is 0.142 e. The number of halogens is 2. The number of hydrogen-bond donors (Lipinski definition) is 0. The second kappa shape index (κ2) is 5.77.